The van der Waals surface area contributed by atoms with E-state index in [0.29, 0.717) is 11.3 Å². The molecule has 8 heteroatoms. The van der Waals surface area contributed by atoms with Crippen LogP contribution in [0.4, 0.5) is 5.69 Å². The summed E-state index contributed by atoms with van der Waals surface area (Å²) in [5, 5.41) is 6.81. The first-order valence-electron chi connectivity index (χ1n) is 7.21. The second-order valence-electron chi connectivity index (χ2n) is 5.40. The maximum absolute atomic E-state index is 12.4. The minimum atomic E-state index is -0.331. The lowest BCUT2D eigenvalue weighted by Gasteiger charge is -2.16. The highest BCUT2D eigenvalue weighted by molar-refractivity contribution is 9.10. The maximum Gasteiger partial charge on any atom is 0.261 e. The Morgan fingerprint density at radius 2 is 2.12 bits per heavy atom. The Kier molecular flexibility index (Phi) is 5.61. The predicted molar refractivity (Wildman–Crippen MR) is 94.2 cm³/mol. The van der Waals surface area contributed by atoms with Crippen LogP contribution in [0.15, 0.2) is 28.9 Å². The summed E-state index contributed by atoms with van der Waals surface area (Å²) in [7, 11) is 4.70. The third kappa shape index (κ3) is 4.14. The number of aryl methyl sites for hydroxylation is 2. The monoisotopic (exact) mass is 394 g/mol. The minimum absolute atomic E-state index is 0.0774. The molecule has 0 unspecified atom stereocenters. The minimum Gasteiger partial charge on any atom is -0.479 e. The Morgan fingerprint density at radius 3 is 2.75 bits per heavy atom. The fourth-order valence-corrected chi connectivity index (χ4v) is 2.43. The molecule has 0 bridgehead atoms. The lowest BCUT2D eigenvalue weighted by molar-refractivity contribution is -0.116. The molecular weight excluding hydrogens is 376 g/mol. The number of likely N-dealkylation sites (N-methyl/N-ethyl adjacent to an activating group) is 1. The van der Waals surface area contributed by atoms with Crippen LogP contribution in [0.2, 0.25) is 0 Å². The fraction of sp³-hybridized carbons (Fsp3) is 0.312. The van der Waals surface area contributed by atoms with Gasteiger partial charge >= 0.3 is 0 Å². The van der Waals surface area contributed by atoms with Crippen molar-refractivity contribution in [3.8, 4) is 5.88 Å². The molecule has 7 nitrogen and oxygen atoms in total. The Labute approximate surface area is 148 Å². The number of hydrogen-bond acceptors (Lipinski definition) is 4. The molecule has 0 spiro atoms. The van der Waals surface area contributed by atoms with Gasteiger partial charge in [-0.3, -0.25) is 14.3 Å². The molecular formula is C16H19BrN4O3. The average molecular weight is 395 g/mol. The summed E-state index contributed by atoms with van der Waals surface area (Å²) in [4.78, 5) is 25.9. The normalized spacial score (nSPS) is 10.4. The van der Waals surface area contributed by atoms with Gasteiger partial charge in [-0.2, -0.15) is 0 Å². The number of anilines is 1. The second kappa shape index (κ2) is 7.48. The van der Waals surface area contributed by atoms with Gasteiger partial charge in [-0.05, 0) is 30.7 Å². The van der Waals surface area contributed by atoms with Crippen LogP contribution in [0.1, 0.15) is 15.9 Å². The lowest BCUT2D eigenvalue weighted by Crippen LogP contribution is -2.35. The number of nitrogens with one attached hydrogen (secondary N) is 1. The summed E-state index contributed by atoms with van der Waals surface area (Å²) in [6, 6.07) is 5.51. The molecule has 24 heavy (non-hydrogen) atoms. The number of carbonyl (C=O) groups excluding carboxylic acids is 2. The van der Waals surface area contributed by atoms with Crippen LogP contribution < -0.4 is 10.1 Å². The van der Waals surface area contributed by atoms with Gasteiger partial charge in [-0.15, -0.1) is 5.10 Å². The smallest absolute Gasteiger partial charge is 0.261 e. The first-order chi connectivity index (χ1) is 11.3. The van der Waals surface area contributed by atoms with E-state index in [1.54, 1.807) is 26.4 Å². The summed E-state index contributed by atoms with van der Waals surface area (Å²) < 4.78 is 7.54. The molecule has 128 valence electrons. The van der Waals surface area contributed by atoms with E-state index in [0.717, 1.165) is 10.0 Å². The van der Waals surface area contributed by atoms with Gasteiger partial charge in [0.2, 0.25) is 11.8 Å². The molecule has 0 aliphatic rings. The summed E-state index contributed by atoms with van der Waals surface area (Å²) in [6.07, 6.45) is 1.56. The molecule has 1 heterocycles. The third-order valence-electron chi connectivity index (χ3n) is 3.39. The molecule has 2 rings (SSSR count). The first-order valence-corrected chi connectivity index (χ1v) is 8.00. The highest BCUT2D eigenvalue weighted by Gasteiger charge is 2.21. The number of halogens is 1. The van der Waals surface area contributed by atoms with Crippen molar-refractivity contribution in [3.05, 3.63) is 40.0 Å². The van der Waals surface area contributed by atoms with Crippen LogP contribution in [0, 0.1) is 6.92 Å². The van der Waals surface area contributed by atoms with E-state index in [1.807, 2.05) is 19.1 Å². The van der Waals surface area contributed by atoms with Crippen LogP contribution in [-0.4, -0.2) is 47.2 Å². The van der Waals surface area contributed by atoms with Crippen LogP contribution in [0.5, 0.6) is 5.88 Å². The van der Waals surface area contributed by atoms with Crippen molar-refractivity contribution in [1.29, 1.82) is 0 Å². The van der Waals surface area contributed by atoms with Crippen molar-refractivity contribution in [1.82, 2.24) is 14.7 Å². The molecule has 0 saturated heterocycles. The van der Waals surface area contributed by atoms with Gasteiger partial charge in [0.05, 0.1) is 13.7 Å². The van der Waals surface area contributed by atoms with Crippen LogP contribution >= 0.6 is 15.9 Å². The van der Waals surface area contributed by atoms with E-state index in [-0.39, 0.29) is 24.2 Å². The van der Waals surface area contributed by atoms with Crippen LogP contribution in [0.3, 0.4) is 0 Å². The topological polar surface area (TPSA) is 76.5 Å². The van der Waals surface area contributed by atoms with Gasteiger partial charge < -0.3 is 15.0 Å². The van der Waals surface area contributed by atoms with Crippen molar-refractivity contribution in [3.63, 3.8) is 0 Å². The third-order valence-corrected chi connectivity index (χ3v) is 4.28. The van der Waals surface area contributed by atoms with Gasteiger partial charge in [-0.1, -0.05) is 15.9 Å². The number of methoxy groups -OCH3 is 1. The highest BCUT2D eigenvalue weighted by Crippen LogP contribution is 2.20. The van der Waals surface area contributed by atoms with Gasteiger partial charge in [0.1, 0.15) is 5.56 Å². The van der Waals surface area contributed by atoms with Gasteiger partial charge in [-0.25, -0.2) is 0 Å². The van der Waals surface area contributed by atoms with E-state index >= 15 is 0 Å². The summed E-state index contributed by atoms with van der Waals surface area (Å²) in [6.45, 7) is 1.86. The molecule has 0 saturated carbocycles. The van der Waals surface area contributed by atoms with E-state index in [2.05, 4.69) is 26.3 Å². The molecule has 1 aromatic heterocycles. The van der Waals surface area contributed by atoms with E-state index < -0.39 is 0 Å². The van der Waals surface area contributed by atoms with Crippen molar-refractivity contribution < 1.29 is 14.3 Å². The first kappa shape index (κ1) is 18.0. The van der Waals surface area contributed by atoms with Crippen molar-refractivity contribution in [2.75, 3.05) is 26.0 Å². The number of carbonyl (C=O) groups is 2. The number of amides is 2. The molecule has 0 aliphatic heterocycles. The average Bonchev–Trinajstić information content (AvgIpc) is 2.91. The zero-order valence-corrected chi connectivity index (χ0v) is 15.5. The second-order valence-corrected chi connectivity index (χ2v) is 6.25. The lowest BCUT2D eigenvalue weighted by atomic mass is 10.2. The van der Waals surface area contributed by atoms with E-state index in [1.165, 1.54) is 16.7 Å². The Hall–Kier alpha value is -2.35. The number of benzene rings is 1. The molecule has 0 aliphatic carbocycles. The molecule has 1 N–H and O–H groups in total. The number of aromatic nitrogens is 2. The van der Waals surface area contributed by atoms with Crippen LogP contribution in [0.25, 0.3) is 0 Å². The molecule has 1 aromatic carbocycles. The van der Waals surface area contributed by atoms with Gasteiger partial charge in [0.15, 0.2) is 0 Å². The zero-order valence-electron chi connectivity index (χ0n) is 14.0. The molecule has 2 aromatic rings. The van der Waals surface area contributed by atoms with E-state index in [9.17, 15) is 9.59 Å². The largest absolute Gasteiger partial charge is 0.479 e. The zero-order chi connectivity index (χ0) is 17.9. The highest BCUT2D eigenvalue weighted by atomic mass is 79.9. The molecule has 2 amide bonds. The molecule has 0 fully saturated rings. The van der Waals surface area contributed by atoms with Crippen LogP contribution in [-0.2, 0) is 11.8 Å². The summed E-state index contributed by atoms with van der Waals surface area (Å²) in [5.74, 6) is -0.379. The van der Waals surface area contributed by atoms with Crippen molar-refractivity contribution in [2.24, 2.45) is 7.05 Å². The Balaban J connectivity index is 2.02. The quantitative estimate of drug-likeness (QED) is 0.843. The van der Waals surface area contributed by atoms with Crippen molar-refractivity contribution >= 4 is 33.4 Å². The predicted octanol–water partition coefficient (Wildman–Crippen LogP) is 2.21. The van der Waals surface area contributed by atoms with E-state index in [4.69, 9.17) is 4.74 Å². The Bertz CT molecular complexity index is 773. The SMILES string of the molecule is COc1nn(C)cc1C(=O)N(C)CC(=O)Nc1ccc(Br)c(C)c1. The molecule has 0 radical (unpaired) electrons. The molecule has 0 atom stereocenters. The number of ether oxygens (including phenoxy) is 1. The van der Waals surface area contributed by atoms with Gasteiger partial charge in [0.25, 0.3) is 5.91 Å². The number of nitrogens with zero attached hydrogens (tertiary/aromatic N) is 3. The maximum atomic E-state index is 12.4. The summed E-state index contributed by atoms with van der Waals surface area (Å²) in [5.41, 5.74) is 2.01. The fourth-order valence-electron chi connectivity index (χ4n) is 2.18. The summed E-state index contributed by atoms with van der Waals surface area (Å²) >= 11 is 3.41. The number of hydrogen-bond donors (Lipinski definition) is 1. The standard InChI is InChI=1S/C16H19BrN4O3/c1-10-7-11(5-6-13(10)17)18-14(22)9-20(2)16(23)12-8-21(3)19-15(12)24-4/h5-8H,9H2,1-4H3,(H,18,22). The van der Waals surface area contributed by atoms with Crippen molar-refractivity contribution in [2.45, 2.75) is 6.92 Å². The van der Waals surface area contributed by atoms with Gasteiger partial charge in [0, 0.05) is 30.5 Å². The number of rotatable bonds is 5. The Morgan fingerprint density at radius 1 is 1.42 bits per heavy atom.